The smallest absolute Gasteiger partial charge is 0.255 e. The van der Waals surface area contributed by atoms with Gasteiger partial charge in [0.15, 0.2) is 0 Å². The summed E-state index contributed by atoms with van der Waals surface area (Å²) in [5.41, 5.74) is 0.580. The number of hydrogen-bond donors (Lipinski definition) is 0. The van der Waals surface area contributed by atoms with Crippen molar-refractivity contribution < 1.29 is 4.79 Å². The van der Waals surface area contributed by atoms with Gasteiger partial charge in [-0.3, -0.25) is 4.79 Å². The molecule has 0 aliphatic rings. The number of halogens is 1. The Balaban J connectivity index is 2.57. The third-order valence-corrected chi connectivity index (χ3v) is 4.00. The van der Waals surface area contributed by atoms with E-state index >= 15 is 0 Å². The molecule has 18 heavy (non-hydrogen) atoms. The summed E-state index contributed by atoms with van der Waals surface area (Å²) in [7, 11) is 1.83. The van der Waals surface area contributed by atoms with Crippen LogP contribution in [0.25, 0.3) is 0 Å². The lowest BCUT2D eigenvalue weighted by Crippen LogP contribution is -2.35. The van der Waals surface area contributed by atoms with Crippen LogP contribution in [0.2, 0.25) is 5.15 Å². The van der Waals surface area contributed by atoms with E-state index in [9.17, 15) is 4.79 Å². The van der Waals surface area contributed by atoms with Crippen LogP contribution < -0.4 is 0 Å². The van der Waals surface area contributed by atoms with E-state index in [1.807, 2.05) is 18.8 Å². The van der Waals surface area contributed by atoms with Crippen LogP contribution in [0.5, 0.6) is 0 Å². The third-order valence-electron chi connectivity index (χ3n) is 2.84. The van der Waals surface area contributed by atoms with Crippen molar-refractivity contribution in [3.63, 3.8) is 0 Å². The molecule has 1 amide bonds. The Kier molecular flexibility index (Phi) is 6.50. The van der Waals surface area contributed by atoms with Gasteiger partial charge in [0.1, 0.15) is 5.15 Å². The quantitative estimate of drug-likeness (QED) is 0.594. The molecule has 0 spiro atoms. The lowest BCUT2D eigenvalue weighted by Gasteiger charge is -2.24. The van der Waals surface area contributed by atoms with E-state index in [-0.39, 0.29) is 11.9 Å². The molecule has 1 heterocycles. The van der Waals surface area contributed by atoms with Crippen LogP contribution in [0.4, 0.5) is 0 Å². The van der Waals surface area contributed by atoms with E-state index in [0.29, 0.717) is 10.7 Å². The van der Waals surface area contributed by atoms with E-state index in [1.165, 1.54) is 6.20 Å². The zero-order chi connectivity index (χ0) is 13.5. The van der Waals surface area contributed by atoms with Gasteiger partial charge in [-0.25, -0.2) is 4.98 Å². The molecule has 100 valence electrons. The average Bonchev–Trinajstić information content (AvgIpc) is 2.38. The normalized spacial score (nSPS) is 12.2. The first-order chi connectivity index (χ1) is 8.56. The van der Waals surface area contributed by atoms with E-state index in [1.54, 1.807) is 17.0 Å². The van der Waals surface area contributed by atoms with Gasteiger partial charge >= 0.3 is 0 Å². The van der Waals surface area contributed by atoms with Crippen molar-refractivity contribution in [3.05, 3.63) is 29.0 Å². The number of pyridine rings is 1. The van der Waals surface area contributed by atoms with Crippen molar-refractivity contribution in [2.24, 2.45) is 0 Å². The zero-order valence-electron chi connectivity index (χ0n) is 11.0. The van der Waals surface area contributed by atoms with Gasteiger partial charge in [0.05, 0.1) is 5.56 Å². The third kappa shape index (κ3) is 4.50. The predicted octanol–water partition coefficient (Wildman–Crippen LogP) is 3.34. The summed E-state index contributed by atoms with van der Waals surface area (Å²) in [6.07, 6.45) is 2.52. The highest BCUT2D eigenvalue weighted by Crippen LogP contribution is 2.12. The minimum Gasteiger partial charge on any atom is -0.339 e. The molecule has 0 aliphatic heterocycles. The number of carbonyl (C=O) groups excluding carboxylic acids is 1. The Hall–Kier alpha value is -0.740. The molecule has 0 N–H and O–H groups in total. The summed E-state index contributed by atoms with van der Waals surface area (Å²) in [6, 6.07) is 3.58. The minimum atomic E-state index is -0.00633. The number of nitrogens with zero attached hydrogens (tertiary/aromatic N) is 2. The molecule has 0 aliphatic carbocycles. The van der Waals surface area contributed by atoms with Gasteiger partial charge in [-0.15, -0.1) is 0 Å². The molecule has 5 heteroatoms. The molecule has 0 unspecified atom stereocenters. The number of amides is 1. The van der Waals surface area contributed by atoms with Gasteiger partial charge in [-0.1, -0.05) is 18.5 Å². The number of aromatic nitrogens is 1. The molecule has 0 saturated carbocycles. The Morgan fingerprint density at radius 2 is 2.28 bits per heavy atom. The highest BCUT2D eigenvalue weighted by atomic mass is 35.5. The van der Waals surface area contributed by atoms with Crippen molar-refractivity contribution in [3.8, 4) is 0 Å². The average molecular weight is 287 g/mol. The Bertz CT molecular complexity index is 383. The second-order valence-electron chi connectivity index (χ2n) is 4.12. The van der Waals surface area contributed by atoms with Crippen LogP contribution in [0.15, 0.2) is 18.3 Å². The summed E-state index contributed by atoms with van der Waals surface area (Å²) in [5.74, 6) is 2.19. The zero-order valence-corrected chi connectivity index (χ0v) is 12.6. The van der Waals surface area contributed by atoms with Gasteiger partial charge in [0.2, 0.25) is 0 Å². The predicted molar refractivity (Wildman–Crippen MR) is 78.4 cm³/mol. The van der Waals surface area contributed by atoms with E-state index in [2.05, 4.69) is 18.8 Å². The van der Waals surface area contributed by atoms with Gasteiger partial charge in [-0.2, -0.15) is 11.8 Å². The SMILES string of the molecule is CCSCC[C@@H](C)N(C)C(=O)c1ccc(Cl)nc1. The minimum absolute atomic E-state index is 0.00633. The maximum atomic E-state index is 12.2. The van der Waals surface area contributed by atoms with Gasteiger partial charge < -0.3 is 4.90 Å². The molecule has 0 fully saturated rings. The van der Waals surface area contributed by atoms with Gasteiger partial charge in [0, 0.05) is 19.3 Å². The first kappa shape index (κ1) is 15.3. The van der Waals surface area contributed by atoms with Crippen LogP contribution in [0, 0.1) is 0 Å². The number of thioether (sulfide) groups is 1. The van der Waals surface area contributed by atoms with Crippen LogP contribution in [0.1, 0.15) is 30.6 Å². The Morgan fingerprint density at radius 3 is 2.83 bits per heavy atom. The van der Waals surface area contributed by atoms with Crippen LogP contribution >= 0.6 is 23.4 Å². The summed E-state index contributed by atoms with van der Waals surface area (Å²) < 4.78 is 0. The number of carbonyl (C=O) groups is 1. The fraction of sp³-hybridized carbons (Fsp3) is 0.538. The molecule has 1 aromatic rings. The van der Waals surface area contributed by atoms with E-state index in [4.69, 9.17) is 11.6 Å². The second-order valence-corrected chi connectivity index (χ2v) is 5.90. The van der Waals surface area contributed by atoms with Crippen molar-refractivity contribution >= 4 is 29.3 Å². The summed E-state index contributed by atoms with van der Waals surface area (Å²) in [6.45, 7) is 4.21. The van der Waals surface area contributed by atoms with E-state index in [0.717, 1.165) is 17.9 Å². The molecule has 3 nitrogen and oxygen atoms in total. The highest BCUT2D eigenvalue weighted by Gasteiger charge is 2.17. The first-order valence-electron chi connectivity index (χ1n) is 6.02. The van der Waals surface area contributed by atoms with Crippen LogP contribution in [-0.4, -0.2) is 40.4 Å². The van der Waals surface area contributed by atoms with Crippen molar-refractivity contribution in [2.45, 2.75) is 26.3 Å². The maximum absolute atomic E-state index is 12.2. The van der Waals surface area contributed by atoms with Crippen molar-refractivity contribution in [2.75, 3.05) is 18.6 Å². The summed E-state index contributed by atoms with van der Waals surface area (Å²) in [5, 5.41) is 0.404. The molecular formula is C13H19ClN2OS. The maximum Gasteiger partial charge on any atom is 0.255 e. The number of hydrogen-bond acceptors (Lipinski definition) is 3. The fourth-order valence-electron chi connectivity index (χ4n) is 1.50. The van der Waals surface area contributed by atoms with E-state index < -0.39 is 0 Å². The molecular weight excluding hydrogens is 268 g/mol. The monoisotopic (exact) mass is 286 g/mol. The standard InChI is InChI=1S/C13H19ClN2OS/c1-4-18-8-7-10(2)16(3)13(17)11-5-6-12(14)15-9-11/h5-6,9-10H,4,7-8H2,1-3H3/t10-/m1/s1. The second kappa shape index (κ2) is 7.64. The number of rotatable bonds is 6. The fourth-order valence-corrected chi connectivity index (χ4v) is 2.41. The van der Waals surface area contributed by atoms with Gasteiger partial charge in [-0.05, 0) is 37.0 Å². The molecule has 1 aromatic heterocycles. The molecule has 1 atom stereocenters. The summed E-state index contributed by atoms with van der Waals surface area (Å²) >= 11 is 7.60. The largest absolute Gasteiger partial charge is 0.339 e. The molecule has 0 bridgehead atoms. The molecule has 0 saturated heterocycles. The summed E-state index contributed by atoms with van der Waals surface area (Å²) in [4.78, 5) is 17.9. The van der Waals surface area contributed by atoms with Crippen LogP contribution in [-0.2, 0) is 0 Å². The molecule has 0 aromatic carbocycles. The highest BCUT2D eigenvalue weighted by molar-refractivity contribution is 7.99. The van der Waals surface area contributed by atoms with Crippen molar-refractivity contribution in [1.29, 1.82) is 0 Å². The molecule has 1 rings (SSSR count). The lowest BCUT2D eigenvalue weighted by atomic mass is 10.2. The lowest BCUT2D eigenvalue weighted by molar-refractivity contribution is 0.0741. The Labute approximate surface area is 118 Å². The van der Waals surface area contributed by atoms with Crippen LogP contribution in [0.3, 0.4) is 0 Å². The first-order valence-corrected chi connectivity index (χ1v) is 7.56. The Morgan fingerprint density at radius 1 is 1.56 bits per heavy atom. The van der Waals surface area contributed by atoms with Crippen molar-refractivity contribution in [1.82, 2.24) is 9.88 Å². The van der Waals surface area contributed by atoms with Gasteiger partial charge in [0.25, 0.3) is 5.91 Å². The molecule has 0 radical (unpaired) electrons. The topological polar surface area (TPSA) is 33.2 Å².